The van der Waals surface area contributed by atoms with Gasteiger partial charge in [0, 0.05) is 11.3 Å². The SMILES string of the molecule is CCCCS/C(N)=N/NC(=O)c1ccccc1. The van der Waals surface area contributed by atoms with Crippen LogP contribution in [0.1, 0.15) is 30.1 Å². The van der Waals surface area contributed by atoms with E-state index in [1.165, 1.54) is 11.8 Å². The molecule has 0 aliphatic heterocycles. The molecule has 1 aromatic rings. The largest absolute Gasteiger partial charge is 0.377 e. The second-order valence-electron chi connectivity index (χ2n) is 3.46. The lowest BCUT2D eigenvalue weighted by molar-refractivity contribution is 0.0955. The predicted molar refractivity (Wildman–Crippen MR) is 72.9 cm³/mol. The first-order valence-electron chi connectivity index (χ1n) is 5.55. The lowest BCUT2D eigenvalue weighted by atomic mass is 10.2. The molecule has 1 rings (SSSR count). The Hall–Kier alpha value is -1.49. The number of carbonyl (C=O) groups is 1. The van der Waals surface area contributed by atoms with Gasteiger partial charge in [0.05, 0.1) is 0 Å². The van der Waals surface area contributed by atoms with Crippen molar-refractivity contribution in [3.8, 4) is 0 Å². The highest BCUT2D eigenvalue weighted by atomic mass is 32.2. The van der Waals surface area contributed by atoms with Crippen molar-refractivity contribution in [2.45, 2.75) is 19.8 Å². The number of amidine groups is 1. The Morgan fingerprint density at radius 2 is 2.12 bits per heavy atom. The standard InChI is InChI=1S/C12H17N3OS/c1-2-3-9-17-12(13)15-14-11(16)10-7-5-4-6-8-10/h4-8H,2-3,9H2,1H3,(H2,13,15)(H,14,16). The van der Waals surface area contributed by atoms with E-state index >= 15 is 0 Å². The van der Waals surface area contributed by atoms with Crippen molar-refractivity contribution >= 4 is 22.8 Å². The van der Waals surface area contributed by atoms with Crippen molar-refractivity contribution in [2.75, 3.05) is 5.75 Å². The van der Waals surface area contributed by atoms with Crippen molar-refractivity contribution in [3.05, 3.63) is 35.9 Å². The van der Waals surface area contributed by atoms with Crippen molar-refractivity contribution in [1.82, 2.24) is 5.43 Å². The number of nitrogens with two attached hydrogens (primary N) is 1. The van der Waals surface area contributed by atoms with E-state index < -0.39 is 0 Å². The number of rotatable bonds is 5. The zero-order chi connectivity index (χ0) is 12.5. The van der Waals surface area contributed by atoms with Crippen molar-refractivity contribution in [2.24, 2.45) is 10.8 Å². The van der Waals surface area contributed by atoms with Crippen LogP contribution in [0.15, 0.2) is 35.4 Å². The average Bonchev–Trinajstić information content (AvgIpc) is 2.37. The van der Waals surface area contributed by atoms with E-state index in [1.54, 1.807) is 24.3 Å². The topological polar surface area (TPSA) is 67.5 Å². The highest BCUT2D eigenvalue weighted by Crippen LogP contribution is 2.03. The highest BCUT2D eigenvalue weighted by molar-refractivity contribution is 8.13. The Balaban J connectivity index is 2.39. The van der Waals surface area contributed by atoms with E-state index in [1.807, 2.05) is 6.07 Å². The quantitative estimate of drug-likeness (QED) is 0.365. The number of hydrogen-bond donors (Lipinski definition) is 2. The smallest absolute Gasteiger partial charge is 0.271 e. The minimum absolute atomic E-state index is 0.246. The monoisotopic (exact) mass is 251 g/mol. The fourth-order valence-corrected chi connectivity index (χ4v) is 1.87. The van der Waals surface area contributed by atoms with Gasteiger partial charge in [-0.2, -0.15) is 0 Å². The van der Waals surface area contributed by atoms with Gasteiger partial charge >= 0.3 is 0 Å². The Kier molecular flexibility index (Phi) is 6.17. The predicted octanol–water partition coefficient (Wildman–Crippen LogP) is 2.18. The van der Waals surface area contributed by atoms with Gasteiger partial charge in [-0.3, -0.25) is 4.79 Å². The molecule has 0 aliphatic rings. The molecule has 0 saturated carbocycles. The molecule has 1 amide bonds. The van der Waals surface area contributed by atoms with E-state index in [9.17, 15) is 4.79 Å². The molecular weight excluding hydrogens is 234 g/mol. The minimum Gasteiger partial charge on any atom is -0.377 e. The van der Waals surface area contributed by atoms with Gasteiger partial charge in [-0.05, 0) is 18.6 Å². The van der Waals surface area contributed by atoms with E-state index in [4.69, 9.17) is 5.73 Å². The molecule has 0 aliphatic carbocycles. The highest BCUT2D eigenvalue weighted by Gasteiger charge is 2.02. The summed E-state index contributed by atoms with van der Waals surface area (Å²) >= 11 is 1.45. The lowest BCUT2D eigenvalue weighted by Gasteiger charge is -2.01. The van der Waals surface area contributed by atoms with Crippen LogP contribution in [0.5, 0.6) is 0 Å². The number of unbranched alkanes of at least 4 members (excludes halogenated alkanes) is 1. The first kappa shape index (κ1) is 13.6. The third-order valence-corrected chi connectivity index (χ3v) is 2.93. The zero-order valence-corrected chi connectivity index (χ0v) is 10.7. The normalized spacial score (nSPS) is 11.2. The average molecular weight is 251 g/mol. The number of benzene rings is 1. The molecular formula is C12H17N3OS. The van der Waals surface area contributed by atoms with Crippen molar-refractivity contribution < 1.29 is 4.79 Å². The van der Waals surface area contributed by atoms with E-state index in [-0.39, 0.29) is 5.91 Å². The Labute approximate surface area is 106 Å². The first-order chi connectivity index (χ1) is 8.24. The van der Waals surface area contributed by atoms with Gasteiger partial charge < -0.3 is 5.73 Å². The summed E-state index contributed by atoms with van der Waals surface area (Å²) in [5.74, 6) is 0.678. The van der Waals surface area contributed by atoms with E-state index in [0.717, 1.165) is 18.6 Å². The third kappa shape index (κ3) is 5.40. The summed E-state index contributed by atoms with van der Waals surface area (Å²) in [4.78, 5) is 11.6. The number of hydrazone groups is 1. The molecule has 0 fully saturated rings. The third-order valence-electron chi connectivity index (χ3n) is 2.05. The number of thioether (sulfide) groups is 1. The molecule has 0 heterocycles. The van der Waals surface area contributed by atoms with Crippen LogP contribution in [-0.4, -0.2) is 16.8 Å². The number of hydrogen-bond acceptors (Lipinski definition) is 3. The molecule has 1 aromatic carbocycles. The summed E-state index contributed by atoms with van der Waals surface area (Å²) < 4.78 is 0. The number of amides is 1. The molecule has 0 radical (unpaired) electrons. The Bertz CT molecular complexity index is 379. The molecule has 0 bridgehead atoms. The number of nitrogens with zero attached hydrogens (tertiary/aromatic N) is 1. The van der Waals surface area contributed by atoms with Crippen LogP contribution in [0.4, 0.5) is 0 Å². The summed E-state index contributed by atoms with van der Waals surface area (Å²) in [6.45, 7) is 2.12. The summed E-state index contributed by atoms with van der Waals surface area (Å²) in [5, 5.41) is 4.22. The van der Waals surface area contributed by atoms with Crippen LogP contribution in [0.3, 0.4) is 0 Å². The molecule has 0 atom stereocenters. The second kappa shape index (κ2) is 7.73. The molecule has 0 aromatic heterocycles. The maximum atomic E-state index is 11.6. The number of nitrogens with one attached hydrogen (secondary N) is 1. The Morgan fingerprint density at radius 1 is 1.41 bits per heavy atom. The molecule has 3 N–H and O–H groups in total. The Morgan fingerprint density at radius 3 is 2.76 bits per heavy atom. The summed E-state index contributed by atoms with van der Waals surface area (Å²) in [6, 6.07) is 8.92. The van der Waals surface area contributed by atoms with Crippen LogP contribution < -0.4 is 11.2 Å². The van der Waals surface area contributed by atoms with Gasteiger partial charge in [0.1, 0.15) is 0 Å². The molecule has 17 heavy (non-hydrogen) atoms. The zero-order valence-electron chi connectivity index (χ0n) is 9.85. The second-order valence-corrected chi connectivity index (χ2v) is 4.57. The first-order valence-corrected chi connectivity index (χ1v) is 6.54. The van der Waals surface area contributed by atoms with Crippen LogP contribution >= 0.6 is 11.8 Å². The fourth-order valence-electron chi connectivity index (χ4n) is 1.11. The van der Waals surface area contributed by atoms with Crippen LogP contribution in [0.25, 0.3) is 0 Å². The number of carbonyl (C=O) groups excluding carboxylic acids is 1. The fraction of sp³-hybridized carbons (Fsp3) is 0.333. The minimum atomic E-state index is -0.246. The lowest BCUT2D eigenvalue weighted by Crippen LogP contribution is -2.21. The van der Waals surface area contributed by atoms with Crippen LogP contribution in [0.2, 0.25) is 0 Å². The van der Waals surface area contributed by atoms with Gasteiger partial charge in [-0.25, -0.2) is 5.43 Å². The van der Waals surface area contributed by atoms with Crippen molar-refractivity contribution in [1.29, 1.82) is 0 Å². The van der Waals surface area contributed by atoms with E-state index in [2.05, 4.69) is 17.5 Å². The van der Waals surface area contributed by atoms with Gasteiger partial charge in [0.15, 0.2) is 5.17 Å². The summed E-state index contributed by atoms with van der Waals surface area (Å²) in [7, 11) is 0. The molecule has 0 unspecified atom stereocenters. The van der Waals surface area contributed by atoms with Crippen LogP contribution in [0, 0.1) is 0 Å². The maximum absolute atomic E-state index is 11.6. The van der Waals surface area contributed by atoms with Gasteiger partial charge in [-0.15, -0.1) is 5.10 Å². The molecule has 0 spiro atoms. The molecule has 4 nitrogen and oxygen atoms in total. The van der Waals surface area contributed by atoms with Gasteiger partial charge in [-0.1, -0.05) is 43.3 Å². The summed E-state index contributed by atoms with van der Waals surface area (Å²) in [5.41, 5.74) is 8.64. The maximum Gasteiger partial charge on any atom is 0.271 e. The van der Waals surface area contributed by atoms with Gasteiger partial charge in [0.25, 0.3) is 5.91 Å². The molecule has 0 saturated heterocycles. The summed E-state index contributed by atoms with van der Waals surface area (Å²) in [6.07, 6.45) is 2.21. The van der Waals surface area contributed by atoms with Crippen LogP contribution in [-0.2, 0) is 0 Å². The van der Waals surface area contributed by atoms with Crippen molar-refractivity contribution in [3.63, 3.8) is 0 Å². The molecule has 92 valence electrons. The van der Waals surface area contributed by atoms with E-state index in [0.29, 0.717) is 10.7 Å². The molecule has 5 heteroatoms. The van der Waals surface area contributed by atoms with Gasteiger partial charge in [0.2, 0.25) is 0 Å².